The molecule has 0 bridgehead atoms. The number of hydrogen-bond donors (Lipinski definition) is 0. The SMILES string of the molecule is Fc1ccc(Cn2c(CC3CCN(Cc4cn5cccnc5n4)CC3)nc3ccccc32)cc1. The van der Waals surface area contributed by atoms with E-state index in [1.807, 2.05) is 34.9 Å². The van der Waals surface area contributed by atoms with E-state index in [-0.39, 0.29) is 5.82 Å². The molecule has 5 aromatic rings. The Labute approximate surface area is 197 Å². The van der Waals surface area contributed by atoms with Crippen molar-refractivity contribution in [2.75, 3.05) is 13.1 Å². The molecule has 0 radical (unpaired) electrons. The van der Waals surface area contributed by atoms with Crippen LogP contribution in [0.15, 0.2) is 73.2 Å². The van der Waals surface area contributed by atoms with Gasteiger partial charge in [0.15, 0.2) is 0 Å². The van der Waals surface area contributed by atoms with Crippen LogP contribution in [0.5, 0.6) is 0 Å². The maximum atomic E-state index is 13.4. The fraction of sp³-hybridized carbons (Fsp3) is 0.296. The van der Waals surface area contributed by atoms with Crippen LogP contribution in [0.1, 0.15) is 29.9 Å². The maximum absolute atomic E-state index is 13.4. The third kappa shape index (κ3) is 4.31. The Balaban J connectivity index is 1.14. The van der Waals surface area contributed by atoms with Crippen LogP contribution >= 0.6 is 0 Å². The summed E-state index contributed by atoms with van der Waals surface area (Å²) >= 11 is 0. The average Bonchev–Trinajstić information content (AvgIpc) is 3.42. The first-order valence-electron chi connectivity index (χ1n) is 11.9. The van der Waals surface area contributed by atoms with Gasteiger partial charge < -0.3 is 4.57 Å². The van der Waals surface area contributed by atoms with Crippen LogP contribution in [0.4, 0.5) is 4.39 Å². The van der Waals surface area contributed by atoms with E-state index >= 15 is 0 Å². The highest BCUT2D eigenvalue weighted by Gasteiger charge is 2.23. The number of aromatic nitrogens is 5. The van der Waals surface area contributed by atoms with E-state index < -0.39 is 0 Å². The van der Waals surface area contributed by atoms with Crippen LogP contribution < -0.4 is 0 Å². The van der Waals surface area contributed by atoms with Gasteiger partial charge in [-0.2, -0.15) is 0 Å². The lowest BCUT2D eigenvalue weighted by Crippen LogP contribution is -2.34. The molecule has 0 saturated carbocycles. The second kappa shape index (κ2) is 8.99. The third-order valence-electron chi connectivity index (χ3n) is 6.84. The molecule has 34 heavy (non-hydrogen) atoms. The Morgan fingerprint density at radius 1 is 0.912 bits per heavy atom. The summed E-state index contributed by atoms with van der Waals surface area (Å²) in [4.78, 5) is 16.4. The van der Waals surface area contributed by atoms with Gasteiger partial charge in [-0.3, -0.25) is 9.30 Å². The largest absolute Gasteiger partial charge is 0.323 e. The molecule has 0 atom stereocenters. The Morgan fingerprint density at radius 2 is 1.74 bits per heavy atom. The highest BCUT2D eigenvalue weighted by molar-refractivity contribution is 5.76. The van der Waals surface area contributed by atoms with E-state index in [4.69, 9.17) is 4.98 Å². The Hall–Kier alpha value is -3.58. The third-order valence-corrected chi connectivity index (χ3v) is 6.84. The molecule has 1 aliphatic heterocycles. The monoisotopic (exact) mass is 454 g/mol. The summed E-state index contributed by atoms with van der Waals surface area (Å²) in [5, 5.41) is 0. The predicted octanol–water partition coefficient (Wildman–Crippen LogP) is 4.72. The molecule has 172 valence electrons. The lowest BCUT2D eigenvalue weighted by atomic mass is 9.93. The fourth-order valence-corrected chi connectivity index (χ4v) is 5.02. The molecule has 0 unspecified atom stereocenters. The molecule has 2 aromatic carbocycles. The Morgan fingerprint density at radius 3 is 2.56 bits per heavy atom. The zero-order chi connectivity index (χ0) is 22.9. The van der Waals surface area contributed by atoms with Gasteiger partial charge in [-0.25, -0.2) is 19.3 Å². The molecular weight excluding hydrogens is 427 g/mol. The minimum Gasteiger partial charge on any atom is -0.323 e. The molecule has 3 aromatic heterocycles. The van der Waals surface area contributed by atoms with Crippen molar-refractivity contribution in [3.8, 4) is 0 Å². The second-order valence-electron chi connectivity index (χ2n) is 9.21. The van der Waals surface area contributed by atoms with Crippen LogP contribution in [0, 0.1) is 11.7 Å². The summed E-state index contributed by atoms with van der Waals surface area (Å²) in [7, 11) is 0. The van der Waals surface area contributed by atoms with Gasteiger partial charge in [-0.1, -0.05) is 24.3 Å². The predicted molar refractivity (Wildman–Crippen MR) is 130 cm³/mol. The van der Waals surface area contributed by atoms with Crippen LogP contribution in [0.25, 0.3) is 16.8 Å². The summed E-state index contributed by atoms with van der Waals surface area (Å²) < 4.78 is 17.7. The maximum Gasteiger partial charge on any atom is 0.233 e. The molecule has 1 saturated heterocycles. The number of imidazole rings is 2. The zero-order valence-corrected chi connectivity index (χ0v) is 19.0. The first-order chi connectivity index (χ1) is 16.7. The van der Waals surface area contributed by atoms with Crippen molar-refractivity contribution in [2.45, 2.75) is 32.4 Å². The summed E-state index contributed by atoms with van der Waals surface area (Å²) in [6.45, 7) is 3.68. The van der Waals surface area contributed by atoms with E-state index in [0.29, 0.717) is 12.5 Å². The van der Waals surface area contributed by atoms with Gasteiger partial charge >= 0.3 is 0 Å². The first kappa shape index (κ1) is 21.0. The highest BCUT2D eigenvalue weighted by Crippen LogP contribution is 2.26. The number of hydrogen-bond acceptors (Lipinski definition) is 4. The minimum atomic E-state index is -0.203. The lowest BCUT2D eigenvalue weighted by molar-refractivity contribution is 0.174. The van der Waals surface area contributed by atoms with Gasteiger partial charge in [0.2, 0.25) is 5.78 Å². The molecule has 0 N–H and O–H groups in total. The summed E-state index contributed by atoms with van der Waals surface area (Å²) in [6.07, 6.45) is 9.09. The van der Waals surface area contributed by atoms with E-state index in [9.17, 15) is 4.39 Å². The van der Waals surface area contributed by atoms with E-state index in [1.165, 1.54) is 12.1 Å². The minimum absolute atomic E-state index is 0.203. The van der Waals surface area contributed by atoms with Crippen LogP contribution in [0.2, 0.25) is 0 Å². The molecule has 0 amide bonds. The van der Waals surface area contributed by atoms with Crippen molar-refractivity contribution in [1.29, 1.82) is 0 Å². The standard InChI is InChI=1S/C27H27FN6/c28-22-8-6-21(7-9-22)17-34-25-5-2-1-4-24(25)31-26(34)16-20-10-14-32(15-11-20)18-23-19-33-13-3-12-29-27(33)30-23/h1-9,12-13,19-20H,10-11,14-18H2. The molecule has 6 nitrogen and oxygen atoms in total. The van der Waals surface area contributed by atoms with Gasteiger partial charge in [0, 0.05) is 38.1 Å². The molecular formula is C27H27FN6. The molecule has 1 aliphatic rings. The summed E-state index contributed by atoms with van der Waals surface area (Å²) in [5.74, 6) is 2.27. The van der Waals surface area contributed by atoms with E-state index in [1.54, 1.807) is 6.20 Å². The molecule has 7 heteroatoms. The van der Waals surface area contributed by atoms with E-state index in [2.05, 4.69) is 43.8 Å². The van der Waals surface area contributed by atoms with Crippen molar-refractivity contribution in [1.82, 2.24) is 28.8 Å². The topological polar surface area (TPSA) is 51.2 Å². The average molecular weight is 455 g/mol. The van der Waals surface area contributed by atoms with Crippen molar-refractivity contribution in [3.05, 3.63) is 96.1 Å². The number of rotatable bonds is 6. The number of halogens is 1. The van der Waals surface area contributed by atoms with Gasteiger partial charge in [0.1, 0.15) is 11.6 Å². The number of likely N-dealkylation sites (tertiary alicyclic amines) is 1. The number of nitrogens with zero attached hydrogens (tertiary/aromatic N) is 6. The van der Waals surface area contributed by atoms with Gasteiger partial charge in [0.25, 0.3) is 0 Å². The Kier molecular flexibility index (Phi) is 5.55. The first-order valence-corrected chi connectivity index (χ1v) is 11.9. The zero-order valence-electron chi connectivity index (χ0n) is 19.0. The van der Waals surface area contributed by atoms with E-state index in [0.717, 1.165) is 72.8 Å². The molecule has 1 fully saturated rings. The summed E-state index contributed by atoms with van der Waals surface area (Å²) in [5.41, 5.74) is 4.32. The number of fused-ring (bicyclic) bond motifs is 2. The van der Waals surface area contributed by atoms with Crippen LogP contribution in [-0.4, -0.2) is 41.9 Å². The summed E-state index contributed by atoms with van der Waals surface area (Å²) in [6, 6.07) is 17.0. The van der Waals surface area contributed by atoms with Crippen molar-refractivity contribution in [3.63, 3.8) is 0 Å². The normalized spacial score (nSPS) is 15.4. The molecule has 6 rings (SSSR count). The van der Waals surface area contributed by atoms with Gasteiger partial charge in [-0.05, 0) is 67.7 Å². The second-order valence-corrected chi connectivity index (χ2v) is 9.21. The van der Waals surface area contributed by atoms with Crippen LogP contribution in [0.3, 0.4) is 0 Å². The number of benzene rings is 2. The quantitative estimate of drug-likeness (QED) is 0.373. The van der Waals surface area contributed by atoms with Crippen molar-refractivity contribution < 1.29 is 4.39 Å². The lowest BCUT2D eigenvalue weighted by Gasteiger charge is -2.31. The smallest absolute Gasteiger partial charge is 0.233 e. The van der Waals surface area contributed by atoms with Gasteiger partial charge in [-0.15, -0.1) is 0 Å². The molecule has 0 spiro atoms. The van der Waals surface area contributed by atoms with Crippen LogP contribution in [-0.2, 0) is 19.5 Å². The fourth-order valence-electron chi connectivity index (χ4n) is 5.02. The highest BCUT2D eigenvalue weighted by atomic mass is 19.1. The van der Waals surface area contributed by atoms with Crippen molar-refractivity contribution >= 4 is 16.8 Å². The van der Waals surface area contributed by atoms with Crippen molar-refractivity contribution in [2.24, 2.45) is 5.92 Å². The number of para-hydroxylation sites is 2. The molecule has 4 heterocycles. The Bertz CT molecular complexity index is 1380. The molecule has 0 aliphatic carbocycles. The van der Waals surface area contributed by atoms with Gasteiger partial charge in [0.05, 0.1) is 16.7 Å². The number of piperidine rings is 1.